The first-order chi connectivity index (χ1) is 16.8. The summed E-state index contributed by atoms with van der Waals surface area (Å²) in [4.78, 5) is 22.1. The SMILES string of the molecule is CC(C)C(=O)c1cn(COC(C)[Si](C)(C)C)c2nc(Cl)nc(NC3CCCN(S(=O)(=O)C4CC4)C3)c12. The highest BCUT2D eigenvalue weighted by atomic mass is 35.5. The van der Waals surface area contributed by atoms with Crippen molar-refractivity contribution in [3.8, 4) is 0 Å². The summed E-state index contributed by atoms with van der Waals surface area (Å²) < 4.78 is 35.3. The van der Waals surface area contributed by atoms with Gasteiger partial charge in [-0.25, -0.2) is 13.4 Å². The number of fused-ring (bicyclic) bond motifs is 1. The van der Waals surface area contributed by atoms with Crippen LogP contribution in [-0.2, 0) is 21.5 Å². The Hall–Kier alpha value is -1.53. The van der Waals surface area contributed by atoms with Crippen LogP contribution in [-0.4, -0.2) is 71.2 Å². The Morgan fingerprint density at radius 2 is 1.92 bits per heavy atom. The number of piperidine rings is 1. The van der Waals surface area contributed by atoms with Crippen LogP contribution in [0.2, 0.25) is 24.9 Å². The summed E-state index contributed by atoms with van der Waals surface area (Å²) >= 11 is 6.35. The normalized spacial score (nSPS) is 20.7. The summed E-state index contributed by atoms with van der Waals surface area (Å²) in [5, 5.41) is 3.85. The van der Waals surface area contributed by atoms with Crippen molar-refractivity contribution in [2.45, 2.75) is 89.8 Å². The zero-order valence-corrected chi connectivity index (χ0v) is 24.6. The molecule has 200 valence electrons. The fourth-order valence-corrected chi connectivity index (χ4v) is 7.03. The molecule has 1 aliphatic carbocycles. The van der Waals surface area contributed by atoms with Gasteiger partial charge in [0, 0.05) is 42.5 Å². The second-order valence-electron chi connectivity index (χ2n) is 11.5. The van der Waals surface area contributed by atoms with E-state index in [2.05, 4.69) is 41.8 Å². The van der Waals surface area contributed by atoms with E-state index in [1.807, 2.05) is 18.4 Å². The monoisotopic (exact) mass is 555 g/mol. The number of anilines is 1. The minimum atomic E-state index is -3.26. The summed E-state index contributed by atoms with van der Waals surface area (Å²) in [6.07, 6.45) is 4.82. The standard InChI is InChI=1S/C24H38ClN5O4SSi/c1-15(2)21(31)19-13-29(14-34-16(3)36(4,5)6)23-20(19)22(27-24(25)28-23)26-17-8-7-11-30(12-17)35(32,33)18-9-10-18/h13,15-18H,7-12,14H2,1-6H3,(H,26,27,28). The second-order valence-corrected chi connectivity index (χ2v) is 19.6. The molecule has 0 radical (unpaired) electrons. The van der Waals surface area contributed by atoms with Gasteiger partial charge in [0.15, 0.2) is 5.78 Å². The van der Waals surface area contributed by atoms with Crippen LogP contribution >= 0.6 is 11.6 Å². The lowest BCUT2D eigenvalue weighted by Crippen LogP contribution is -2.46. The minimum Gasteiger partial charge on any atom is -0.365 e. The van der Waals surface area contributed by atoms with Crippen LogP contribution in [0.1, 0.15) is 56.8 Å². The smallest absolute Gasteiger partial charge is 0.226 e. The highest BCUT2D eigenvalue weighted by molar-refractivity contribution is 7.90. The van der Waals surface area contributed by atoms with Crippen LogP contribution in [0.15, 0.2) is 6.20 Å². The summed E-state index contributed by atoms with van der Waals surface area (Å²) in [5.41, 5.74) is 1.15. The first-order valence-electron chi connectivity index (χ1n) is 12.8. The Labute approximate surface area is 220 Å². The number of Topliss-reactive ketones (excluding diaryl/α,β-unsaturated/α-hetero) is 1. The Morgan fingerprint density at radius 1 is 1.22 bits per heavy atom. The Bertz CT molecular complexity index is 1240. The van der Waals surface area contributed by atoms with Crippen molar-refractivity contribution in [2.75, 3.05) is 18.4 Å². The van der Waals surface area contributed by atoms with Crippen molar-refractivity contribution in [3.05, 3.63) is 17.0 Å². The van der Waals surface area contributed by atoms with E-state index in [9.17, 15) is 13.2 Å². The van der Waals surface area contributed by atoms with Gasteiger partial charge >= 0.3 is 0 Å². The van der Waals surface area contributed by atoms with Crippen molar-refractivity contribution in [1.29, 1.82) is 0 Å². The topological polar surface area (TPSA) is 106 Å². The molecule has 1 saturated carbocycles. The van der Waals surface area contributed by atoms with E-state index in [0.29, 0.717) is 35.5 Å². The summed E-state index contributed by atoms with van der Waals surface area (Å²) in [5.74, 6) is 0.220. The number of carbonyl (C=O) groups is 1. The van der Waals surface area contributed by atoms with E-state index >= 15 is 0 Å². The van der Waals surface area contributed by atoms with Gasteiger partial charge in [-0.1, -0.05) is 33.5 Å². The zero-order valence-electron chi connectivity index (χ0n) is 22.0. The molecule has 4 rings (SSSR count). The number of hydrogen-bond donors (Lipinski definition) is 1. The van der Waals surface area contributed by atoms with Crippen molar-refractivity contribution >= 4 is 52.3 Å². The molecule has 0 bridgehead atoms. The lowest BCUT2D eigenvalue weighted by molar-refractivity contribution is 0.0588. The summed E-state index contributed by atoms with van der Waals surface area (Å²) in [7, 11) is -4.78. The van der Waals surface area contributed by atoms with E-state index in [4.69, 9.17) is 16.3 Å². The van der Waals surface area contributed by atoms with Crippen molar-refractivity contribution in [1.82, 2.24) is 18.8 Å². The quantitative estimate of drug-likeness (QED) is 0.261. The largest absolute Gasteiger partial charge is 0.365 e. The van der Waals surface area contributed by atoms with Crippen LogP contribution < -0.4 is 5.32 Å². The van der Waals surface area contributed by atoms with Gasteiger partial charge < -0.3 is 14.6 Å². The van der Waals surface area contributed by atoms with Gasteiger partial charge in [-0.2, -0.15) is 9.29 Å². The zero-order chi connectivity index (χ0) is 26.4. The summed E-state index contributed by atoms with van der Waals surface area (Å²) in [6.45, 7) is 13.7. The second kappa shape index (κ2) is 10.3. The molecular weight excluding hydrogens is 518 g/mol. The Morgan fingerprint density at radius 3 is 2.53 bits per heavy atom. The van der Waals surface area contributed by atoms with E-state index < -0.39 is 18.1 Å². The molecule has 3 heterocycles. The predicted octanol–water partition coefficient (Wildman–Crippen LogP) is 4.53. The highest BCUT2D eigenvalue weighted by Gasteiger charge is 2.41. The molecule has 1 saturated heterocycles. The number of carbonyl (C=O) groups excluding carboxylic acids is 1. The average molecular weight is 556 g/mol. The molecule has 2 aromatic heterocycles. The number of rotatable bonds is 10. The van der Waals surface area contributed by atoms with Crippen molar-refractivity contribution < 1.29 is 17.9 Å². The molecule has 0 amide bonds. The summed E-state index contributed by atoms with van der Waals surface area (Å²) in [6, 6.07) is -0.144. The lowest BCUT2D eigenvalue weighted by Gasteiger charge is -2.32. The molecule has 36 heavy (non-hydrogen) atoms. The van der Waals surface area contributed by atoms with Crippen LogP contribution in [0.5, 0.6) is 0 Å². The lowest BCUT2D eigenvalue weighted by atomic mass is 10.0. The molecule has 2 atom stereocenters. The molecule has 2 unspecified atom stereocenters. The number of sulfonamides is 1. The number of nitrogens with one attached hydrogen (secondary N) is 1. The van der Waals surface area contributed by atoms with Crippen LogP contribution in [0.4, 0.5) is 5.82 Å². The molecule has 2 fully saturated rings. The predicted molar refractivity (Wildman–Crippen MR) is 146 cm³/mol. The van der Waals surface area contributed by atoms with Gasteiger partial charge in [0.1, 0.15) is 18.2 Å². The number of aromatic nitrogens is 3. The van der Waals surface area contributed by atoms with Crippen molar-refractivity contribution in [2.24, 2.45) is 5.92 Å². The third-order valence-electron chi connectivity index (χ3n) is 7.19. The fraction of sp³-hybridized carbons (Fsp3) is 0.708. The third-order valence-corrected chi connectivity index (χ3v) is 12.3. The van der Waals surface area contributed by atoms with E-state index in [0.717, 1.165) is 25.7 Å². The number of nitrogens with zero attached hydrogens (tertiary/aromatic N) is 4. The first kappa shape index (κ1) is 27.5. The van der Waals surface area contributed by atoms with Gasteiger partial charge in [-0.15, -0.1) is 0 Å². The molecule has 0 aromatic carbocycles. The minimum absolute atomic E-state index is 0.0208. The Kier molecular flexibility index (Phi) is 7.88. The molecule has 2 aliphatic rings. The van der Waals surface area contributed by atoms with Crippen LogP contribution in [0.3, 0.4) is 0 Å². The van der Waals surface area contributed by atoms with Crippen molar-refractivity contribution in [3.63, 3.8) is 0 Å². The highest BCUT2D eigenvalue weighted by Crippen LogP contribution is 2.34. The van der Waals surface area contributed by atoms with E-state index in [1.54, 1.807) is 10.5 Å². The van der Waals surface area contributed by atoms with E-state index in [-0.39, 0.29) is 40.7 Å². The van der Waals surface area contributed by atoms with Gasteiger partial charge in [-0.05, 0) is 44.2 Å². The maximum absolute atomic E-state index is 13.2. The molecule has 1 aliphatic heterocycles. The third kappa shape index (κ3) is 5.80. The number of halogens is 1. The molecule has 2 aromatic rings. The van der Waals surface area contributed by atoms with Gasteiger partial charge in [0.05, 0.1) is 18.7 Å². The first-order valence-corrected chi connectivity index (χ1v) is 18.2. The number of hydrogen-bond acceptors (Lipinski definition) is 7. The maximum atomic E-state index is 13.2. The molecule has 12 heteroatoms. The maximum Gasteiger partial charge on any atom is 0.226 e. The van der Waals surface area contributed by atoms with Gasteiger partial charge in [-0.3, -0.25) is 4.79 Å². The fourth-order valence-electron chi connectivity index (χ4n) is 4.36. The molecule has 1 N–H and O–H groups in total. The Balaban J connectivity index is 1.68. The number of ketones is 1. The van der Waals surface area contributed by atoms with E-state index in [1.165, 1.54) is 0 Å². The van der Waals surface area contributed by atoms with Crippen LogP contribution in [0.25, 0.3) is 11.0 Å². The molecule has 0 spiro atoms. The number of ether oxygens (including phenoxy) is 1. The van der Waals surface area contributed by atoms with Gasteiger partial charge in [0.2, 0.25) is 15.3 Å². The molecule has 9 nitrogen and oxygen atoms in total. The molecular formula is C24H38ClN5O4SSi. The average Bonchev–Trinajstić information content (AvgIpc) is 3.59. The van der Waals surface area contributed by atoms with Crippen LogP contribution in [0, 0.1) is 5.92 Å². The van der Waals surface area contributed by atoms with Gasteiger partial charge in [0.25, 0.3) is 0 Å².